The predicted octanol–water partition coefficient (Wildman–Crippen LogP) is 5.96. The number of amides is 1. The highest BCUT2D eigenvalue weighted by Gasteiger charge is 2.19. The van der Waals surface area contributed by atoms with Crippen molar-refractivity contribution in [1.82, 2.24) is 9.62 Å². The van der Waals surface area contributed by atoms with E-state index in [-0.39, 0.29) is 11.7 Å². The summed E-state index contributed by atoms with van der Waals surface area (Å²) in [6.07, 6.45) is 0. The van der Waals surface area contributed by atoms with Crippen LogP contribution in [0.1, 0.15) is 21.5 Å². The van der Waals surface area contributed by atoms with Crippen LogP contribution in [-0.2, 0) is 12.3 Å². The van der Waals surface area contributed by atoms with E-state index in [0.29, 0.717) is 5.56 Å². The molecule has 2 N–H and O–H groups in total. The first kappa shape index (κ1) is 24.9. The number of carbonyl (C=O) groups is 1. The molecular formula is C31H31N3O2S. The van der Waals surface area contributed by atoms with Gasteiger partial charge >= 0.3 is 0 Å². The minimum atomic E-state index is -0.0652. The lowest BCUT2D eigenvalue weighted by Crippen LogP contribution is -2.46. The van der Waals surface area contributed by atoms with Crippen molar-refractivity contribution in [1.29, 1.82) is 0 Å². The van der Waals surface area contributed by atoms with Gasteiger partial charge in [-0.15, -0.1) is 0 Å². The lowest BCUT2D eigenvalue weighted by molar-refractivity contribution is 0.0984. The summed E-state index contributed by atoms with van der Waals surface area (Å²) < 4.78 is 2.94. The third kappa shape index (κ3) is 6.53. The number of aromatic hydroxyl groups is 1. The van der Waals surface area contributed by atoms with Crippen LogP contribution in [0.3, 0.4) is 0 Å². The summed E-state index contributed by atoms with van der Waals surface area (Å²) >= 11 is 1.42. The molecule has 1 fully saturated rings. The van der Waals surface area contributed by atoms with Gasteiger partial charge in [0.2, 0.25) is 0 Å². The van der Waals surface area contributed by atoms with Gasteiger partial charge in [0.05, 0.1) is 0 Å². The van der Waals surface area contributed by atoms with Crippen LogP contribution in [0.15, 0.2) is 103 Å². The van der Waals surface area contributed by atoms with E-state index < -0.39 is 0 Å². The van der Waals surface area contributed by atoms with Gasteiger partial charge < -0.3 is 10.0 Å². The molecule has 6 heteroatoms. The van der Waals surface area contributed by atoms with Crippen LogP contribution in [0, 0.1) is 0 Å². The van der Waals surface area contributed by atoms with Crippen molar-refractivity contribution in [2.45, 2.75) is 12.3 Å². The molecule has 0 unspecified atom stereocenters. The molecule has 0 radical (unpaired) electrons. The largest absolute Gasteiger partial charge is 0.508 e. The normalized spacial score (nSPS) is 13.9. The Hall–Kier alpha value is -3.74. The van der Waals surface area contributed by atoms with Gasteiger partial charge in [-0.3, -0.25) is 14.4 Å². The number of anilines is 1. The highest BCUT2D eigenvalue weighted by atomic mass is 32.2. The number of nitrogens with one attached hydrogen (secondary N) is 1. The fraction of sp³-hybridized carbons (Fsp3) is 0.194. The minimum absolute atomic E-state index is 0.0652. The highest BCUT2D eigenvalue weighted by Crippen LogP contribution is 2.27. The van der Waals surface area contributed by atoms with E-state index in [2.05, 4.69) is 50.9 Å². The van der Waals surface area contributed by atoms with Crippen LogP contribution in [0.25, 0.3) is 11.1 Å². The van der Waals surface area contributed by atoms with E-state index in [4.69, 9.17) is 0 Å². The average Bonchev–Trinajstić information content (AvgIpc) is 2.95. The van der Waals surface area contributed by atoms with E-state index in [1.165, 1.54) is 28.6 Å². The SMILES string of the molecule is O=C(NSCc1ccccc1)c1ccc(N2CCN(Cc3ccccc3-c3ccc(O)cc3)CC2)cc1. The van der Waals surface area contributed by atoms with Gasteiger partial charge in [0, 0.05) is 49.7 Å². The van der Waals surface area contributed by atoms with Crippen molar-refractivity contribution in [3.8, 4) is 16.9 Å². The molecule has 0 aliphatic carbocycles. The van der Waals surface area contributed by atoms with E-state index in [0.717, 1.165) is 49.7 Å². The van der Waals surface area contributed by atoms with Crippen LogP contribution in [-0.4, -0.2) is 42.1 Å². The van der Waals surface area contributed by atoms with Crippen molar-refractivity contribution in [2.24, 2.45) is 0 Å². The molecular weight excluding hydrogens is 478 g/mol. The minimum Gasteiger partial charge on any atom is -0.508 e. The Bertz CT molecular complexity index is 1300. The first-order valence-corrected chi connectivity index (χ1v) is 13.5. The van der Waals surface area contributed by atoms with Crippen molar-refractivity contribution < 1.29 is 9.90 Å². The molecule has 0 atom stereocenters. The predicted molar refractivity (Wildman–Crippen MR) is 153 cm³/mol. The molecule has 0 saturated carbocycles. The second kappa shape index (κ2) is 12.0. The van der Waals surface area contributed by atoms with Crippen molar-refractivity contribution in [3.05, 3.63) is 120 Å². The Morgan fingerprint density at radius 1 is 0.784 bits per heavy atom. The monoisotopic (exact) mass is 509 g/mol. The molecule has 1 saturated heterocycles. The van der Waals surface area contributed by atoms with Crippen LogP contribution in [0.4, 0.5) is 5.69 Å². The fourth-order valence-corrected chi connectivity index (χ4v) is 5.31. The average molecular weight is 510 g/mol. The molecule has 0 aromatic heterocycles. The maximum atomic E-state index is 12.5. The summed E-state index contributed by atoms with van der Waals surface area (Å²) in [5.74, 6) is 0.964. The molecule has 37 heavy (non-hydrogen) atoms. The zero-order valence-corrected chi connectivity index (χ0v) is 21.5. The number of phenols is 1. The molecule has 5 rings (SSSR count). The maximum absolute atomic E-state index is 12.5. The molecule has 4 aromatic carbocycles. The molecule has 5 nitrogen and oxygen atoms in total. The molecule has 188 valence electrons. The standard InChI is InChI=1S/C31H31N3O2S/c35-29-16-12-25(13-17-29)30-9-5-4-8-27(30)22-33-18-20-34(21-19-33)28-14-10-26(11-15-28)31(36)32-37-23-24-6-2-1-3-7-24/h1-17,35H,18-23H2,(H,32,36). The zero-order valence-electron chi connectivity index (χ0n) is 20.7. The van der Waals surface area contributed by atoms with Gasteiger partial charge in [-0.25, -0.2) is 0 Å². The third-order valence-corrected chi connectivity index (χ3v) is 7.51. The Morgan fingerprint density at radius 2 is 1.46 bits per heavy atom. The molecule has 0 bridgehead atoms. The maximum Gasteiger partial charge on any atom is 0.261 e. The summed E-state index contributed by atoms with van der Waals surface area (Å²) in [4.78, 5) is 17.4. The van der Waals surface area contributed by atoms with Gasteiger partial charge in [0.25, 0.3) is 5.91 Å². The molecule has 0 spiro atoms. The van der Waals surface area contributed by atoms with E-state index in [1.807, 2.05) is 54.6 Å². The third-order valence-electron chi connectivity index (χ3n) is 6.70. The first-order valence-electron chi connectivity index (χ1n) is 12.6. The number of nitrogens with zero attached hydrogens (tertiary/aromatic N) is 2. The van der Waals surface area contributed by atoms with Crippen molar-refractivity contribution >= 4 is 23.5 Å². The van der Waals surface area contributed by atoms with Crippen LogP contribution in [0.5, 0.6) is 5.75 Å². The second-order valence-corrected chi connectivity index (χ2v) is 10.0. The Balaban J connectivity index is 1.13. The summed E-state index contributed by atoms with van der Waals surface area (Å²) in [6, 6.07) is 34.0. The lowest BCUT2D eigenvalue weighted by Gasteiger charge is -2.36. The van der Waals surface area contributed by atoms with Crippen molar-refractivity contribution in [2.75, 3.05) is 31.1 Å². The number of piperazine rings is 1. The molecule has 1 aliphatic rings. The molecule has 4 aromatic rings. The molecule has 1 amide bonds. The lowest BCUT2D eigenvalue weighted by atomic mass is 9.99. The Morgan fingerprint density at radius 3 is 2.19 bits per heavy atom. The number of phenolic OH excluding ortho intramolecular Hbond substituents is 1. The first-order chi connectivity index (χ1) is 18.2. The summed E-state index contributed by atoms with van der Waals surface area (Å²) in [5.41, 5.74) is 6.63. The number of hydrogen-bond acceptors (Lipinski definition) is 5. The van der Waals surface area contributed by atoms with Gasteiger partial charge in [-0.1, -0.05) is 66.7 Å². The second-order valence-electron chi connectivity index (χ2n) is 9.22. The number of benzene rings is 4. The Labute approximate surface area is 222 Å². The van der Waals surface area contributed by atoms with Gasteiger partial charge in [0.15, 0.2) is 0 Å². The van der Waals surface area contributed by atoms with E-state index >= 15 is 0 Å². The van der Waals surface area contributed by atoms with Crippen LogP contribution in [0.2, 0.25) is 0 Å². The Kier molecular flexibility index (Phi) is 8.08. The quantitative estimate of drug-likeness (QED) is 0.287. The summed E-state index contributed by atoms with van der Waals surface area (Å²) in [5, 5.41) is 9.64. The van der Waals surface area contributed by atoms with Gasteiger partial charge in [-0.2, -0.15) is 0 Å². The number of rotatable bonds is 8. The van der Waals surface area contributed by atoms with Gasteiger partial charge in [-0.05, 0) is 70.6 Å². The van der Waals surface area contributed by atoms with Crippen molar-refractivity contribution in [3.63, 3.8) is 0 Å². The van der Waals surface area contributed by atoms with E-state index in [1.54, 1.807) is 12.1 Å². The summed E-state index contributed by atoms with van der Waals surface area (Å²) in [6.45, 7) is 4.73. The number of hydrogen-bond donors (Lipinski definition) is 2. The zero-order chi connectivity index (χ0) is 25.5. The van der Waals surface area contributed by atoms with Crippen LogP contribution >= 0.6 is 11.9 Å². The smallest absolute Gasteiger partial charge is 0.261 e. The molecule has 1 heterocycles. The number of carbonyl (C=O) groups excluding carboxylic acids is 1. The molecule has 1 aliphatic heterocycles. The summed E-state index contributed by atoms with van der Waals surface area (Å²) in [7, 11) is 0. The van der Waals surface area contributed by atoms with Crippen LogP contribution < -0.4 is 9.62 Å². The van der Waals surface area contributed by atoms with E-state index in [9.17, 15) is 9.90 Å². The topological polar surface area (TPSA) is 55.8 Å². The van der Waals surface area contributed by atoms with Gasteiger partial charge in [0.1, 0.15) is 5.75 Å². The fourth-order valence-electron chi connectivity index (χ4n) is 4.63. The highest BCUT2D eigenvalue weighted by molar-refractivity contribution is 7.97.